The molecule has 0 N–H and O–H groups in total. The minimum atomic E-state index is -0.386. The summed E-state index contributed by atoms with van der Waals surface area (Å²) >= 11 is 1.10. The molecular weight excluding hydrogens is 322 g/mol. The highest BCUT2D eigenvalue weighted by Crippen LogP contribution is 2.32. The summed E-state index contributed by atoms with van der Waals surface area (Å²) in [5, 5.41) is -0.564. The van der Waals surface area contributed by atoms with Crippen molar-refractivity contribution < 1.29 is 14.3 Å². The van der Waals surface area contributed by atoms with Crippen LogP contribution in [-0.4, -0.2) is 27.9 Å². The number of thioether (sulfide) groups is 1. The van der Waals surface area contributed by atoms with Crippen LogP contribution in [-0.2, 0) is 17.8 Å². The Kier molecular flexibility index (Phi) is 5.20. The van der Waals surface area contributed by atoms with Gasteiger partial charge in [-0.15, -0.1) is 0 Å². The van der Waals surface area contributed by atoms with E-state index in [2.05, 4.69) is 0 Å². The van der Waals surface area contributed by atoms with E-state index in [-0.39, 0.29) is 16.4 Å². The largest absolute Gasteiger partial charge is 0.494 e. The van der Waals surface area contributed by atoms with E-state index >= 15 is 0 Å². The first-order chi connectivity index (χ1) is 11.7. The van der Waals surface area contributed by atoms with Gasteiger partial charge in [0, 0.05) is 0 Å². The summed E-state index contributed by atoms with van der Waals surface area (Å²) in [6.45, 7) is 2.83. The molecular formula is C19H19NO3S. The number of nitrogens with zero attached hydrogens (tertiary/aromatic N) is 1. The zero-order valence-electron chi connectivity index (χ0n) is 13.5. The van der Waals surface area contributed by atoms with E-state index < -0.39 is 0 Å². The topological polar surface area (TPSA) is 46.6 Å². The molecule has 1 aliphatic heterocycles. The van der Waals surface area contributed by atoms with Gasteiger partial charge in [0.2, 0.25) is 5.91 Å². The Hall–Kier alpha value is -2.27. The van der Waals surface area contributed by atoms with E-state index in [1.165, 1.54) is 4.90 Å². The SMILES string of the molecule is CCOc1ccccc1C[C@@H]1SC(=O)N(Cc2ccccc2)C1=O. The molecule has 1 saturated heterocycles. The van der Waals surface area contributed by atoms with Crippen molar-refractivity contribution in [1.82, 2.24) is 4.90 Å². The third-order valence-corrected chi connectivity index (χ3v) is 4.94. The first-order valence-corrected chi connectivity index (χ1v) is 8.83. The number of carbonyl (C=O) groups excluding carboxylic acids is 2. The van der Waals surface area contributed by atoms with Crippen LogP contribution in [0.3, 0.4) is 0 Å². The second kappa shape index (κ2) is 7.53. The molecule has 24 heavy (non-hydrogen) atoms. The van der Waals surface area contributed by atoms with Gasteiger partial charge >= 0.3 is 0 Å². The molecule has 1 fully saturated rings. The zero-order chi connectivity index (χ0) is 16.9. The Morgan fingerprint density at radius 2 is 1.75 bits per heavy atom. The molecule has 2 aromatic carbocycles. The lowest BCUT2D eigenvalue weighted by molar-refractivity contribution is -0.127. The zero-order valence-corrected chi connectivity index (χ0v) is 14.3. The molecule has 3 rings (SSSR count). The highest BCUT2D eigenvalue weighted by atomic mass is 32.2. The molecule has 2 amide bonds. The highest BCUT2D eigenvalue weighted by molar-refractivity contribution is 8.15. The predicted octanol–water partition coefficient (Wildman–Crippen LogP) is 3.89. The maximum absolute atomic E-state index is 12.6. The van der Waals surface area contributed by atoms with Crippen molar-refractivity contribution in [1.29, 1.82) is 0 Å². The summed E-state index contributed by atoms with van der Waals surface area (Å²) in [4.78, 5) is 26.2. The van der Waals surface area contributed by atoms with Gasteiger partial charge < -0.3 is 4.74 Å². The molecule has 4 nitrogen and oxygen atoms in total. The lowest BCUT2D eigenvalue weighted by Crippen LogP contribution is -2.31. The number of para-hydroxylation sites is 1. The molecule has 1 heterocycles. The summed E-state index contributed by atoms with van der Waals surface area (Å²) in [5.74, 6) is 0.655. The third kappa shape index (κ3) is 3.62. The van der Waals surface area contributed by atoms with Crippen molar-refractivity contribution in [2.45, 2.75) is 25.1 Å². The average Bonchev–Trinajstić information content (AvgIpc) is 2.85. The van der Waals surface area contributed by atoms with E-state index in [4.69, 9.17) is 4.74 Å². The van der Waals surface area contributed by atoms with Crippen molar-refractivity contribution in [2.24, 2.45) is 0 Å². The van der Waals surface area contributed by atoms with Crippen LogP contribution in [0.1, 0.15) is 18.1 Å². The lowest BCUT2D eigenvalue weighted by Gasteiger charge is -2.15. The van der Waals surface area contributed by atoms with Crippen molar-refractivity contribution in [3.05, 3.63) is 65.7 Å². The number of imide groups is 1. The van der Waals surface area contributed by atoms with Gasteiger partial charge in [0.05, 0.1) is 18.4 Å². The molecule has 1 aliphatic rings. The van der Waals surface area contributed by atoms with Crippen LogP contribution in [0.15, 0.2) is 54.6 Å². The molecule has 0 radical (unpaired) electrons. The lowest BCUT2D eigenvalue weighted by atomic mass is 10.1. The fourth-order valence-electron chi connectivity index (χ4n) is 2.71. The van der Waals surface area contributed by atoms with E-state index in [1.54, 1.807) is 0 Å². The fraction of sp³-hybridized carbons (Fsp3) is 0.263. The Bertz CT molecular complexity index is 732. The maximum atomic E-state index is 12.6. The van der Waals surface area contributed by atoms with Crippen molar-refractivity contribution in [2.75, 3.05) is 6.61 Å². The normalized spacial score (nSPS) is 17.4. The number of ether oxygens (including phenoxy) is 1. The molecule has 1 atom stereocenters. The number of carbonyl (C=O) groups is 2. The van der Waals surface area contributed by atoms with Crippen LogP contribution in [0.5, 0.6) is 5.75 Å². The van der Waals surface area contributed by atoms with Crippen molar-refractivity contribution >= 4 is 22.9 Å². The quantitative estimate of drug-likeness (QED) is 0.800. The van der Waals surface area contributed by atoms with Gasteiger partial charge in [-0.1, -0.05) is 60.3 Å². The first-order valence-electron chi connectivity index (χ1n) is 7.95. The number of rotatable bonds is 6. The Morgan fingerprint density at radius 3 is 2.50 bits per heavy atom. The van der Waals surface area contributed by atoms with Crippen molar-refractivity contribution in [3.8, 4) is 5.75 Å². The van der Waals surface area contributed by atoms with Crippen molar-refractivity contribution in [3.63, 3.8) is 0 Å². The number of amides is 2. The number of hydrogen-bond donors (Lipinski definition) is 0. The molecule has 124 valence electrons. The summed E-state index contributed by atoms with van der Waals surface area (Å²) in [6, 6.07) is 17.2. The summed E-state index contributed by atoms with van der Waals surface area (Å²) in [6.07, 6.45) is 0.497. The van der Waals surface area contributed by atoms with E-state index in [1.807, 2.05) is 61.5 Å². The molecule has 0 spiro atoms. The fourth-order valence-corrected chi connectivity index (χ4v) is 3.72. The van der Waals surface area contributed by atoms with Gasteiger partial charge in [-0.3, -0.25) is 14.5 Å². The monoisotopic (exact) mass is 341 g/mol. The van der Waals surface area contributed by atoms with Gasteiger partial charge in [-0.25, -0.2) is 0 Å². The number of benzene rings is 2. The average molecular weight is 341 g/mol. The first kappa shape index (κ1) is 16.6. The standard InChI is InChI=1S/C19H19NO3S/c1-2-23-16-11-7-6-10-15(16)12-17-18(21)20(19(22)24-17)13-14-8-4-3-5-9-14/h3-11,17H,2,12-13H2,1H3/t17-/m0/s1. The van der Waals surface area contributed by atoms with E-state index in [0.717, 1.165) is 28.6 Å². The summed E-state index contributed by atoms with van der Waals surface area (Å²) in [5.41, 5.74) is 1.91. The van der Waals surface area contributed by atoms with Crippen LogP contribution < -0.4 is 4.74 Å². The minimum absolute atomic E-state index is 0.125. The van der Waals surface area contributed by atoms with Crippen LogP contribution >= 0.6 is 11.8 Å². The molecule has 0 aliphatic carbocycles. The molecule has 0 unspecified atom stereocenters. The van der Waals surface area contributed by atoms with Crippen LogP contribution in [0.4, 0.5) is 4.79 Å². The summed E-state index contributed by atoms with van der Waals surface area (Å²) in [7, 11) is 0. The minimum Gasteiger partial charge on any atom is -0.494 e. The maximum Gasteiger partial charge on any atom is 0.289 e. The molecule has 0 aromatic heterocycles. The molecule has 0 saturated carbocycles. The molecule has 5 heteroatoms. The van der Waals surface area contributed by atoms with Crippen LogP contribution in [0, 0.1) is 0 Å². The predicted molar refractivity (Wildman–Crippen MR) is 95.1 cm³/mol. The second-order valence-electron chi connectivity index (χ2n) is 5.53. The van der Waals surface area contributed by atoms with Gasteiger partial charge in [0.15, 0.2) is 0 Å². The summed E-state index contributed by atoms with van der Waals surface area (Å²) < 4.78 is 5.61. The van der Waals surface area contributed by atoms with E-state index in [0.29, 0.717) is 19.6 Å². The third-order valence-electron chi connectivity index (χ3n) is 3.87. The smallest absolute Gasteiger partial charge is 0.289 e. The van der Waals surface area contributed by atoms with Gasteiger partial charge in [0.25, 0.3) is 5.24 Å². The Labute approximate surface area is 145 Å². The Balaban J connectivity index is 1.72. The molecule has 0 bridgehead atoms. The van der Waals surface area contributed by atoms with Gasteiger partial charge in [-0.05, 0) is 30.5 Å². The van der Waals surface area contributed by atoms with Crippen LogP contribution in [0.2, 0.25) is 0 Å². The second-order valence-corrected chi connectivity index (χ2v) is 6.68. The van der Waals surface area contributed by atoms with Gasteiger partial charge in [-0.2, -0.15) is 0 Å². The van der Waals surface area contributed by atoms with Crippen LogP contribution in [0.25, 0.3) is 0 Å². The van der Waals surface area contributed by atoms with Gasteiger partial charge in [0.1, 0.15) is 5.75 Å². The number of hydrogen-bond acceptors (Lipinski definition) is 4. The van der Waals surface area contributed by atoms with E-state index in [9.17, 15) is 9.59 Å². The Morgan fingerprint density at radius 1 is 1.04 bits per heavy atom. The highest BCUT2D eigenvalue weighted by Gasteiger charge is 2.39. The molecule has 2 aromatic rings.